The van der Waals surface area contributed by atoms with E-state index in [4.69, 9.17) is 0 Å². The van der Waals surface area contributed by atoms with Crippen molar-refractivity contribution in [3.8, 4) is 0 Å². The summed E-state index contributed by atoms with van der Waals surface area (Å²) in [6.07, 6.45) is 1.58. The zero-order chi connectivity index (χ0) is 19.0. The molecule has 138 valence electrons. The Balaban J connectivity index is 1.52. The van der Waals surface area contributed by atoms with E-state index >= 15 is 0 Å². The molecule has 0 saturated heterocycles. The summed E-state index contributed by atoms with van der Waals surface area (Å²) in [6.45, 7) is 0.628. The molecule has 0 spiro atoms. The van der Waals surface area contributed by atoms with Gasteiger partial charge in [0.1, 0.15) is 17.3 Å². The van der Waals surface area contributed by atoms with Gasteiger partial charge in [-0.25, -0.2) is 13.8 Å². The SMILES string of the molecule is O=C(CSc1ccc(F)cc1)N1CCc2nc3ccc(F)cn3c(=O)c2C1. The zero-order valence-corrected chi connectivity index (χ0v) is 15.0. The Morgan fingerprint density at radius 2 is 1.85 bits per heavy atom. The highest BCUT2D eigenvalue weighted by atomic mass is 32.2. The van der Waals surface area contributed by atoms with Crippen molar-refractivity contribution in [3.63, 3.8) is 0 Å². The summed E-state index contributed by atoms with van der Waals surface area (Å²) >= 11 is 1.31. The minimum absolute atomic E-state index is 0.112. The molecule has 0 saturated carbocycles. The molecule has 5 nitrogen and oxygen atoms in total. The summed E-state index contributed by atoms with van der Waals surface area (Å²) in [5.74, 6) is -0.766. The van der Waals surface area contributed by atoms with Crippen LogP contribution in [0.15, 0.2) is 52.3 Å². The van der Waals surface area contributed by atoms with Crippen molar-refractivity contribution in [1.82, 2.24) is 14.3 Å². The number of carbonyl (C=O) groups excluding carboxylic acids is 1. The van der Waals surface area contributed by atoms with Crippen LogP contribution < -0.4 is 5.56 Å². The minimum atomic E-state index is -0.522. The van der Waals surface area contributed by atoms with Gasteiger partial charge < -0.3 is 4.90 Å². The number of carbonyl (C=O) groups is 1. The van der Waals surface area contributed by atoms with Crippen LogP contribution in [0.4, 0.5) is 8.78 Å². The lowest BCUT2D eigenvalue weighted by Crippen LogP contribution is -2.41. The molecule has 0 unspecified atom stereocenters. The van der Waals surface area contributed by atoms with Crippen molar-refractivity contribution in [3.05, 3.63) is 75.8 Å². The van der Waals surface area contributed by atoms with Crippen molar-refractivity contribution in [2.75, 3.05) is 12.3 Å². The fraction of sp³-hybridized carbons (Fsp3) is 0.211. The highest BCUT2D eigenvalue weighted by Crippen LogP contribution is 2.21. The fourth-order valence-corrected chi connectivity index (χ4v) is 3.85. The quantitative estimate of drug-likeness (QED) is 0.649. The molecule has 1 amide bonds. The molecule has 0 aliphatic carbocycles. The summed E-state index contributed by atoms with van der Waals surface area (Å²) in [6, 6.07) is 8.67. The Hall–Kier alpha value is -2.74. The average molecular weight is 387 g/mol. The summed E-state index contributed by atoms with van der Waals surface area (Å²) in [5.41, 5.74) is 1.12. The van der Waals surface area contributed by atoms with Gasteiger partial charge in [-0.3, -0.25) is 14.0 Å². The van der Waals surface area contributed by atoms with Gasteiger partial charge in [0.2, 0.25) is 5.91 Å². The molecule has 0 bridgehead atoms. The van der Waals surface area contributed by atoms with Gasteiger partial charge in [-0.2, -0.15) is 0 Å². The first-order chi connectivity index (χ1) is 13.0. The minimum Gasteiger partial charge on any atom is -0.337 e. The highest BCUT2D eigenvalue weighted by Gasteiger charge is 2.25. The molecule has 1 aliphatic rings. The monoisotopic (exact) mass is 387 g/mol. The Morgan fingerprint density at radius 3 is 2.63 bits per heavy atom. The van der Waals surface area contributed by atoms with Crippen LogP contribution in [0.3, 0.4) is 0 Å². The predicted octanol–water partition coefficient (Wildman–Crippen LogP) is 2.65. The average Bonchev–Trinajstić information content (AvgIpc) is 2.68. The van der Waals surface area contributed by atoms with Crippen molar-refractivity contribution < 1.29 is 13.6 Å². The van der Waals surface area contributed by atoms with E-state index in [1.54, 1.807) is 17.0 Å². The normalized spacial score (nSPS) is 13.6. The van der Waals surface area contributed by atoms with E-state index < -0.39 is 5.82 Å². The molecule has 0 N–H and O–H groups in total. The van der Waals surface area contributed by atoms with Crippen LogP contribution in [0.1, 0.15) is 11.3 Å². The van der Waals surface area contributed by atoms with E-state index in [0.29, 0.717) is 29.9 Å². The number of aromatic nitrogens is 2. The lowest BCUT2D eigenvalue weighted by atomic mass is 10.1. The van der Waals surface area contributed by atoms with Crippen molar-refractivity contribution in [1.29, 1.82) is 0 Å². The molecule has 0 radical (unpaired) electrons. The third kappa shape index (κ3) is 3.57. The second kappa shape index (κ2) is 7.11. The predicted molar refractivity (Wildman–Crippen MR) is 97.7 cm³/mol. The van der Waals surface area contributed by atoms with E-state index in [1.807, 2.05) is 0 Å². The van der Waals surface area contributed by atoms with Crippen LogP contribution in [0, 0.1) is 11.6 Å². The van der Waals surface area contributed by atoms with Crippen LogP contribution in [-0.4, -0.2) is 32.5 Å². The van der Waals surface area contributed by atoms with Crippen LogP contribution in [0.2, 0.25) is 0 Å². The number of amides is 1. The topological polar surface area (TPSA) is 54.7 Å². The third-order valence-electron chi connectivity index (χ3n) is 4.46. The van der Waals surface area contributed by atoms with E-state index in [2.05, 4.69) is 4.98 Å². The molecule has 3 aromatic rings. The molecule has 8 heteroatoms. The number of pyridine rings is 1. The second-order valence-corrected chi connectivity index (χ2v) is 7.27. The Bertz CT molecular complexity index is 1080. The number of benzene rings is 1. The first kappa shape index (κ1) is 17.7. The van der Waals surface area contributed by atoms with Gasteiger partial charge in [-0.1, -0.05) is 0 Å². The lowest BCUT2D eigenvalue weighted by Gasteiger charge is -2.28. The Labute approximate surface area is 157 Å². The number of rotatable bonds is 3. The van der Waals surface area contributed by atoms with E-state index in [-0.39, 0.29) is 29.6 Å². The molecular formula is C19H15F2N3O2S. The summed E-state index contributed by atoms with van der Waals surface area (Å²) in [5, 5.41) is 0. The van der Waals surface area contributed by atoms with E-state index in [0.717, 1.165) is 11.1 Å². The van der Waals surface area contributed by atoms with Crippen LogP contribution in [0.5, 0.6) is 0 Å². The molecule has 1 aromatic carbocycles. The highest BCUT2D eigenvalue weighted by molar-refractivity contribution is 8.00. The molecule has 0 fully saturated rings. The maximum Gasteiger partial charge on any atom is 0.263 e. The third-order valence-corrected chi connectivity index (χ3v) is 5.46. The van der Waals surface area contributed by atoms with Crippen molar-refractivity contribution >= 4 is 23.3 Å². The van der Waals surface area contributed by atoms with Gasteiger partial charge in [0.25, 0.3) is 5.56 Å². The standard InChI is InChI=1S/C19H15F2N3O2S/c20-12-1-4-14(5-2-12)27-11-18(25)23-8-7-16-15(10-23)19(26)24-9-13(21)3-6-17(24)22-16/h1-6,9H,7-8,10-11H2. The van der Waals surface area contributed by atoms with E-state index in [1.165, 1.54) is 40.4 Å². The molecule has 27 heavy (non-hydrogen) atoms. The van der Waals surface area contributed by atoms with Gasteiger partial charge in [0.15, 0.2) is 0 Å². The van der Waals surface area contributed by atoms with Gasteiger partial charge >= 0.3 is 0 Å². The largest absolute Gasteiger partial charge is 0.337 e. The van der Waals surface area contributed by atoms with Crippen LogP contribution in [0.25, 0.3) is 5.65 Å². The smallest absolute Gasteiger partial charge is 0.263 e. The molecule has 4 rings (SSSR count). The number of hydrogen-bond acceptors (Lipinski definition) is 4. The Kier molecular flexibility index (Phi) is 4.65. The maximum absolute atomic E-state index is 13.5. The molecule has 0 atom stereocenters. The first-order valence-electron chi connectivity index (χ1n) is 8.37. The first-order valence-corrected chi connectivity index (χ1v) is 9.35. The zero-order valence-electron chi connectivity index (χ0n) is 14.2. The lowest BCUT2D eigenvalue weighted by molar-refractivity contribution is -0.129. The fourth-order valence-electron chi connectivity index (χ4n) is 3.05. The Morgan fingerprint density at radius 1 is 1.11 bits per heavy atom. The number of fused-ring (bicyclic) bond motifs is 2. The number of thioether (sulfide) groups is 1. The van der Waals surface area contributed by atoms with Gasteiger partial charge in [-0.05, 0) is 36.4 Å². The van der Waals surface area contributed by atoms with Crippen LogP contribution >= 0.6 is 11.8 Å². The van der Waals surface area contributed by atoms with E-state index in [9.17, 15) is 18.4 Å². The molecular weight excluding hydrogens is 372 g/mol. The van der Waals surface area contributed by atoms with Gasteiger partial charge in [0, 0.05) is 24.1 Å². The van der Waals surface area contributed by atoms with Crippen molar-refractivity contribution in [2.45, 2.75) is 17.9 Å². The summed E-state index contributed by atoms with van der Waals surface area (Å²) in [7, 11) is 0. The second-order valence-electron chi connectivity index (χ2n) is 6.23. The van der Waals surface area contributed by atoms with Crippen molar-refractivity contribution in [2.24, 2.45) is 0 Å². The number of hydrogen-bond donors (Lipinski definition) is 0. The van der Waals surface area contributed by atoms with Crippen LogP contribution in [-0.2, 0) is 17.8 Å². The molecule has 1 aliphatic heterocycles. The molecule has 2 aromatic heterocycles. The molecule has 3 heterocycles. The number of halogens is 2. The maximum atomic E-state index is 13.5. The van der Waals surface area contributed by atoms with Gasteiger partial charge in [0.05, 0.1) is 23.6 Å². The summed E-state index contributed by atoms with van der Waals surface area (Å²) in [4.78, 5) is 32.0. The number of nitrogens with zero attached hydrogens (tertiary/aromatic N) is 3. The van der Waals surface area contributed by atoms with Gasteiger partial charge in [-0.15, -0.1) is 11.8 Å². The summed E-state index contributed by atoms with van der Waals surface area (Å²) < 4.78 is 27.6.